The van der Waals surface area contributed by atoms with E-state index in [9.17, 15) is 14.9 Å². The number of thiophene rings is 1. The van der Waals surface area contributed by atoms with E-state index in [0.29, 0.717) is 27.5 Å². The zero-order valence-corrected chi connectivity index (χ0v) is 19.6. The lowest BCUT2D eigenvalue weighted by molar-refractivity contribution is 0.0790. The lowest BCUT2D eigenvalue weighted by atomic mass is 10.1. The number of hydrogen-bond donors (Lipinski definition) is 1. The van der Waals surface area contributed by atoms with Gasteiger partial charge >= 0.3 is 0 Å². The Bertz CT molecular complexity index is 1030. The summed E-state index contributed by atoms with van der Waals surface area (Å²) >= 11 is 1.15. The fraction of sp³-hybridized carbons (Fsp3) is 0.417. The molecule has 1 N–H and O–H groups in total. The molecule has 0 spiro atoms. The quantitative estimate of drug-likeness (QED) is 0.505. The van der Waals surface area contributed by atoms with Crippen LogP contribution in [0.2, 0.25) is 0 Å². The van der Waals surface area contributed by atoms with Crippen LogP contribution in [0.4, 0.5) is 5.69 Å². The number of hydrogen-bond acceptors (Lipinski definition) is 5. The predicted molar refractivity (Wildman–Crippen MR) is 127 cm³/mol. The SMILES string of the molecule is CC(C)NC(=O)c1cc(N=CN2CCCCC2)c(C(=O)N(C)Cc2ccccc2C#N)s1. The van der Waals surface area contributed by atoms with Crippen molar-refractivity contribution in [2.45, 2.75) is 45.7 Å². The molecule has 2 heterocycles. The lowest BCUT2D eigenvalue weighted by Gasteiger charge is -2.23. The standard InChI is InChI=1S/C24H29N5O2S/c1-17(2)27-23(30)21-13-20(26-16-29-11-7-4-8-12-29)22(32-21)24(31)28(3)15-19-10-6-5-9-18(19)14-25/h5-6,9-10,13,16-17H,4,7-8,11-12,15H2,1-3H3,(H,27,30). The van der Waals surface area contributed by atoms with E-state index in [-0.39, 0.29) is 17.9 Å². The second-order valence-corrected chi connectivity index (χ2v) is 9.28. The van der Waals surface area contributed by atoms with E-state index in [0.717, 1.165) is 42.8 Å². The van der Waals surface area contributed by atoms with Crippen LogP contribution in [0.5, 0.6) is 0 Å². The zero-order chi connectivity index (χ0) is 23.1. The molecule has 7 nitrogen and oxygen atoms in total. The molecule has 1 aliphatic rings. The van der Waals surface area contributed by atoms with E-state index in [2.05, 4.69) is 21.3 Å². The molecule has 0 unspecified atom stereocenters. The first kappa shape index (κ1) is 23.5. The van der Waals surface area contributed by atoms with Gasteiger partial charge in [-0.05, 0) is 50.8 Å². The summed E-state index contributed by atoms with van der Waals surface area (Å²) in [6, 6.07) is 11.1. The average Bonchev–Trinajstić information content (AvgIpc) is 3.22. The van der Waals surface area contributed by atoms with Gasteiger partial charge in [0.25, 0.3) is 11.8 Å². The maximum absolute atomic E-state index is 13.3. The number of aliphatic imine (C=N–C) groups is 1. The summed E-state index contributed by atoms with van der Waals surface area (Å²) in [7, 11) is 1.70. The van der Waals surface area contributed by atoms with Crippen molar-refractivity contribution in [2.24, 2.45) is 4.99 Å². The van der Waals surface area contributed by atoms with Gasteiger partial charge in [0.2, 0.25) is 0 Å². The van der Waals surface area contributed by atoms with Gasteiger partial charge in [0.1, 0.15) is 4.88 Å². The Morgan fingerprint density at radius 1 is 1.28 bits per heavy atom. The zero-order valence-electron chi connectivity index (χ0n) is 18.8. The third kappa shape index (κ3) is 5.95. The molecule has 0 radical (unpaired) electrons. The lowest BCUT2D eigenvalue weighted by Crippen LogP contribution is -2.29. The number of nitriles is 1. The van der Waals surface area contributed by atoms with Crippen LogP contribution in [0, 0.1) is 11.3 Å². The highest BCUT2D eigenvalue weighted by Crippen LogP contribution is 2.31. The number of benzene rings is 1. The molecule has 1 fully saturated rings. The summed E-state index contributed by atoms with van der Waals surface area (Å²) in [6.07, 6.45) is 5.27. The maximum Gasteiger partial charge on any atom is 0.266 e. The van der Waals surface area contributed by atoms with Crippen molar-refractivity contribution < 1.29 is 9.59 Å². The fourth-order valence-corrected chi connectivity index (χ4v) is 4.52. The molecule has 2 aromatic rings. The molecule has 0 saturated carbocycles. The van der Waals surface area contributed by atoms with Gasteiger partial charge in [-0.3, -0.25) is 9.59 Å². The molecule has 1 aliphatic heterocycles. The van der Waals surface area contributed by atoms with Crippen molar-refractivity contribution in [1.82, 2.24) is 15.1 Å². The second-order valence-electron chi connectivity index (χ2n) is 8.22. The Kier molecular flexibility index (Phi) is 8.01. The first-order valence-electron chi connectivity index (χ1n) is 10.9. The van der Waals surface area contributed by atoms with Gasteiger partial charge in [0.05, 0.1) is 28.5 Å². The number of amides is 2. The van der Waals surface area contributed by atoms with Crippen LogP contribution in [0.25, 0.3) is 0 Å². The molecule has 1 aromatic carbocycles. The van der Waals surface area contributed by atoms with Gasteiger partial charge in [-0.15, -0.1) is 11.3 Å². The Hall–Kier alpha value is -3.18. The number of rotatable bonds is 7. The van der Waals surface area contributed by atoms with Crippen molar-refractivity contribution in [3.8, 4) is 6.07 Å². The van der Waals surface area contributed by atoms with Gasteiger partial charge in [-0.2, -0.15) is 5.26 Å². The van der Waals surface area contributed by atoms with Crippen LogP contribution in [-0.2, 0) is 6.54 Å². The van der Waals surface area contributed by atoms with E-state index in [4.69, 9.17) is 0 Å². The monoisotopic (exact) mass is 451 g/mol. The molecule has 2 amide bonds. The number of nitrogens with one attached hydrogen (secondary N) is 1. The van der Waals surface area contributed by atoms with Crippen LogP contribution >= 0.6 is 11.3 Å². The highest BCUT2D eigenvalue weighted by atomic mass is 32.1. The van der Waals surface area contributed by atoms with Crippen molar-refractivity contribution in [2.75, 3.05) is 20.1 Å². The molecular weight excluding hydrogens is 422 g/mol. The van der Waals surface area contributed by atoms with Gasteiger partial charge in [0.15, 0.2) is 0 Å². The summed E-state index contributed by atoms with van der Waals surface area (Å²) in [6.45, 7) is 5.98. The Morgan fingerprint density at radius 2 is 2.00 bits per heavy atom. The van der Waals surface area contributed by atoms with Crippen LogP contribution < -0.4 is 5.32 Å². The normalized spacial score (nSPS) is 13.9. The van der Waals surface area contributed by atoms with Crippen molar-refractivity contribution in [3.63, 3.8) is 0 Å². The van der Waals surface area contributed by atoms with Crippen molar-refractivity contribution in [3.05, 3.63) is 51.2 Å². The number of piperidine rings is 1. The van der Waals surface area contributed by atoms with Gasteiger partial charge in [-0.1, -0.05) is 18.2 Å². The van der Waals surface area contributed by atoms with E-state index in [1.54, 1.807) is 36.5 Å². The second kappa shape index (κ2) is 10.9. The van der Waals surface area contributed by atoms with Crippen molar-refractivity contribution in [1.29, 1.82) is 5.26 Å². The van der Waals surface area contributed by atoms with Crippen LogP contribution in [0.3, 0.4) is 0 Å². The van der Waals surface area contributed by atoms with Crippen LogP contribution in [-0.4, -0.2) is 54.1 Å². The predicted octanol–water partition coefficient (Wildman–Crippen LogP) is 4.18. The molecule has 0 bridgehead atoms. The minimum absolute atomic E-state index is 0.00536. The number of likely N-dealkylation sites (tertiary alicyclic amines) is 1. The van der Waals surface area contributed by atoms with E-state index < -0.39 is 0 Å². The molecule has 3 rings (SSSR count). The summed E-state index contributed by atoms with van der Waals surface area (Å²) in [5.74, 6) is -0.437. The van der Waals surface area contributed by atoms with Crippen molar-refractivity contribution >= 4 is 35.2 Å². The smallest absolute Gasteiger partial charge is 0.266 e. The Labute approximate surface area is 193 Å². The summed E-state index contributed by atoms with van der Waals surface area (Å²) in [5, 5.41) is 12.2. The molecule has 168 valence electrons. The largest absolute Gasteiger partial charge is 0.363 e. The summed E-state index contributed by atoms with van der Waals surface area (Å²) < 4.78 is 0. The third-order valence-electron chi connectivity index (χ3n) is 5.19. The van der Waals surface area contributed by atoms with Gasteiger partial charge in [0, 0.05) is 32.7 Å². The highest BCUT2D eigenvalue weighted by Gasteiger charge is 2.23. The Morgan fingerprint density at radius 3 is 2.69 bits per heavy atom. The van der Waals surface area contributed by atoms with E-state index in [1.807, 2.05) is 26.0 Å². The fourth-order valence-electron chi connectivity index (χ4n) is 3.52. The topological polar surface area (TPSA) is 88.8 Å². The molecule has 8 heteroatoms. The molecular formula is C24H29N5O2S. The van der Waals surface area contributed by atoms with Gasteiger partial charge < -0.3 is 15.1 Å². The third-order valence-corrected chi connectivity index (χ3v) is 6.30. The highest BCUT2D eigenvalue weighted by molar-refractivity contribution is 7.16. The summed E-state index contributed by atoms with van der Waals surface area (Å²) in [4.78, 5) is 35.1. The van der Waals surface area contributed by atoms with Gasteiger partial charge in [-0.25, -0.2) is 4.99 Å². The Balaban J connectivity index is 1.86. The first-order valence-corrected chi connectivity index (χ1v) is 11.7. The summed E-state index contributed by atoms with van der Waals surface area (Å²) in [5.41, 5.74) is 1.82. The molecule has 1 aromatic heterocycles. The van der Waals surface area contributed by atoms with Crippen LogP contribution in [0.1, 0.15) is 63.6 Å². The molecule has 1 saturated heterocycles. The number of carbonyl (C=O) groups excluding carboxylic acids is 2. The van der Waals surface area contributed by atoms with Crippen LogP contribution in [0.15, 0.2) is 35.3 Å². The van der Waals surface area contributed by atoms with E-state index >= 15 is 0 Å². The van der Waals surface area contributed by atoms with E-state index in [1.165, 1.54) is 6.42 Å². The average molecular weight is 452 g/mol. The minimum atomic E-state index is -0.225. The maximum atomic E-state index is 13.3. The molecule has 32 heavy (non-hydrogen) atoms. The number of carbonyl (C=O) groups is 2. The minimum Gasteiger partial charge on any atom is -0.363 e. The first-order chi connectivity index (χ1) is 15.4. The molecule has 0 aliphatic carbocycles. The molecule has 0 atom stereocenters. The number of nitrogens with zero attached hydrogens (tertiary/aromatic N) is 4.